The van der Waals surface area contributed by atoms with Gasteiger partial charge in [-0.3, -0.25) is 5.01 Å². The Balaban J connectivity index is 2.90. The van der Waals surface area contributed by atoms with E-state index >= 15 is 0 Å². The molecule has 0 radical (unpaired) electrons. The predicted octanol–water partition coefficient (Wildman–Crippen LogP) is 2.03. The number of hydrogen-bond donors (Lipinski definition) is 0. The minimum absolute atomic E-state index is 1.000. The zero-order valence-corrected chi connectivity index (χ0v) is 7.81. The van der Waals surface area contributed by atoms with E-state index in [0.717, 1.165) is 18.7 Å². The van der Waals surface area contributed by atoms with E-state index in [-0.39, 0.29) is 0 Å². The van der Waals surface area contributed by atoms with Crippen LogP contribution in [-0.2, 0) is 0 Å². The quantitative estimate of drug-likeness (QED) is 0.561. The minimum atomic E-state index is 1.000. The molecule has 2 nitrogen and oxygen atoms in total. The Morgan fingerprint density at radius 3 is 2.64 bits per heavy atom. The summed E-state index contributed by atoms with van der Waals surface area (Å²) in [6.45, 7) is 7.43. The van der Waals surface area contributed by atoms with Gasteiger partial charge in [0.05, 0.1) is 12.3 Å². The van der Waals surface area contributed by atoms with Crippen molar-refractivity contribution in [3.63, 3.8) is 0 Å². The van der Waals surface area contributed by atoms with Crippen LogP contribution in [0.15, 0.2) is 16.2 Å². The van der Waals surface area contributed by atoms with Crippen molar-refractivity contribution < 1.29 is 0 Å². The van der Waals surface area contributed by atoms with Crippen molar-refractivity contribution in [1.82, 2.24) is 5.01 Å². The van der Waals surface area contributed by atoms with Crippen molar-refractivity contribution in [2.45, 2.75) is 27.2 Å². The van der Waals surface area contributed by atoms with Crippen molar-refractivity contribution in [3.05, 3.63) is 11.1 Å². The van der Waals surface area contributed by atoms with Gasteiger partial charge in [-0.2, -0.15) is 5.10 Å². The van der Waals surface area contributed by atoms with Crippen molar-refractivity contribution in [1.29, 1.82) is 0 Å². The van der Waals surface area contributed by atoms with Gasteiger partial charge in [0.1, 0.15) is 0 Å². The summed E-state index contributed by atoms with van der Waals surface area (Å²) in [5.41, 5.74) is 4.06. The molecule has 0 aromatic carbocycles. The molecule has 0 saturated carbocycles. The van der Waals surface area contributed by atoms with Gasteiger partial charge in [-0.15, -0.1) is 0 Å². The minimum Gasteiger partial charge on any atom is -0.296 e. The summed E-state index contributed by atoms with van der Waals surface area (Å²) >= 11 is 0. The van der Waals surface area contributed by atoms with E-state index in [9.17, 15) is 0 Å². The molecule has 1 rings (SSSR count). The summed E-state index contributed by atoms with van der Waals surface area (Å²) in [6.07, 6.45) is 1.14. The van der Waals surface area contributed by atoms with Gasteiger partial charge in [-0.25, -0.2) is 0 Å². The SMILES string of the molecule is CCC1=C(C)C(C)=NN(C)C1. The highest BCUT2D eigenvalue weighted by molar-refractivity contribution is 5.98. The molecule has 0 amide bonds. The summed E-state index contributed by atoms with van der Waals surface area (Å²) in [5.74, 6) is 0. The zero-order valence-electron chi connectivity index (χ0n) is 7.81. The van der Waals surface area contributed by atoms with E-state index in [1.165, 1.54) is 11.1 Å². The van der Waals surface area contributed by atoms with Crippen molar-refractivity contribution in [2.75, 3.05) is 13.6 Å². The Kier molecular flexibility index (Phi) is 2.32. The lowest BCUT2D eigenvalue weighted by molar-refractivity contribution is 0.375. The second-order valence-electron chi connectivity index (χ2n) is 3.08. The van der Waals surface area contributed by atoms with Crippen LogP contribution in [0, 0.1) is 0 Å². The summed E-state index contributed by atoms with van der Waals surface area (Å²) < 4.78 is 0. The third-order valence-corrected chi connectivity index (χ3v) is 2.24. The largest absolute Gasteiger partial charge is 0.296 e. The molecule has 62 valence electrons. The van der Waals surface area contributed by atoms with Gasteiger partial charge in [0.2, 0.25) is 0 Å². The van der Waals surface area contributed by atoms with Gasteiger partial charge in [0, 0.05) is 7.05 Å². The smallest absolute Gasteiger partial charge is 0.0603 e. The van der Waals surface area contributed by atoms with E-state index in [1.54, 1.807) is 0 Å². The average molecular weight is 152 g/mol. The third-order valence-electron chi connectivity index (χ3n) is 2.24. The Bertz CT molecular complexity index is 214. The fraction of sp³-hybridized carbons (Fsp3) is 0.667. The maximum absolute atomic E-state index is 4.35. The molecule has 0 N–H and O–H groups in total. The first-order valence-electron chi connectivity index (χ1n) is 4.10. The predicted molar refractivity (Wildman–Crippen MR) is 48.7 cm³/mol. The fourth-order valence-corrected chi connectivity index (χ4v) is 1.39. The van der Waals surface area contributed by atoms with E-state index in [4.69, 9.17) is 0 Å². The molecule has 0 spiro atoms. The maximum Gasteiger partial charge on any atom is 0.0603 e. The molecule has 0 bridgehead atoms. The molecule has 0 aromatic heterocycles. The highest BCUT2D eigenvalue weighted by Crippen LogP contribution is 2.16. The molecule has 1 heterocycles. The number of likely N-dealkylation sites (N-methyl/N-ethyl adjacent to an activating group) is 1. The van der Waals surface area contributed by atoms with Crippen molar-refractivity contribution in [3.8, 4) is 0 Å². The average Bonchev–Trinajstić information content (AvgIpc) is 1.96. The molecule has 0 fully saturated rings. The van der Waals surface area contributed by atoms with Crippen LogP contribution in [0.2, 0.25) is 0 Å². The molecular weight excluding hydrogens is 136 g/mol. The van der Waals surface area contributed by atoms with Gasteiger partial charge in [0.25, 0.3) is 0 Å². The maximum atomic E-state index is 4.35. The first-order valence-corrected chi connectivity index (χ1v) is 4.10. The Morgan fingerprint density at radius 2 is 2.09 bits per heavy atom. The van der Waals surface area contributed by atoms with Crippen molar-refractivity contribution >= 4 is 5.71 Å². The molecule has 1 aliphatic heterocycles. The highest BCUT2D eigenvalue weighted by atomic mass is 15.4. The van der Waals surface area contributed by atoms with Crippen LogP contribution < -0.4 is 0 Å². The normalized spacial score (nSPS) is 18.9. The van der Waals surface area contributed by atoms with Crippen molar-refractivity contribution in [2.24, 2.45) is 5.10 Å². The number of nitrogens with zero attached hydrogens (tertiary/aromatic N) is 2. The van der Waals surface area contributed by atoms with E-state index < -0.39 is 0 Å². The van der Waals surface area contributed by atoms with Gasteiger partial charge < -0.3 is 0 Å². The molecule has 2 heteroatoms. The monoisotopic (exact) mass is 152 g/mol. The molecular formula is C9H16N2. The summed E-state index contributed by atoms with van der Waals surface area (Å²) in [6, 6.07) is 0. The van der Waals surface area contributed by atoms with E-state index in [1.807, 2.05) is 12.1 Å². The topological polar surface area (TPSA) is 15.6 Å². The van der Waals surface area contributed by atoms with E-state index in [0.29, 0.717) is 0 Å². The zero-order chi connectivity index (χ0) is 8.43. The summed E-state index contributed by atoms with van der Waals surface area (Å²) in [7, 11) is 2.02. The Labute approximate surface area is 68.6 Å². The first kappa shape index (κ1) is 8.31. The van der Waals surface area contributed by atoms with Crippen LogP contribution in [0.3, 0.4) is 0 Å². The molecule has 0 saturated heterocycles. The van der Waals surface area contributed by atoms with Gasteiger partial charge >= 0.3 is 0 Å². The van der Waals surface area contributed by atoms with E-state index in [2.05, 4.69) is 25.9 Å². The second-order valence-corrected chi connectivity index (χ2v) is 3.08. The first-order chi connectivity index (χ1) is 5.15. The van der Waals surface area contributed by atoms with Gasteiger partial charge in [0.15, 0.2) is 0 Å². The third kappa shape index (κ3) is 1.62. The van der Waals surface area contributed by atoms with Crippen LogP contribution >= 0.6 is 0 Å². The van der Waals surface area contributed by atoms with Crippen LogP contribution in [0.4, 0.5) is 0 Å². The lowest BCUT2D eigenvalue weighted by Crippen LogP contribution is -2.23. The van der Waals surface area contributed by atoms with Gasteiger partial charge in [-0.05, 0) is 31.4 Å². The second kappa shape index (κ2) is 3.07. The van der Waals surface area contributed by atoms with Gasteiger partial charge in [-0.1, -0.05) is 6.92 Å². The molecule has 0 atom stereocenters. The Morgan fingerprint density at radius 1 is 1.45 bits per heavy atom. The van der Waals surface area contributed by atoms with Crippen LogP contribution in [-0.4, -0.2) is 24.3 Å². The van der Waals surface area contributed by atoms with Crippen LogP contribution in [0.25, 0.3) is 0 Å². The number of rotatable bonds is 1. The fourth-order valence-electron chi connectivity index (χ4n) is 1.39. The lowest BCUT2D eigenvalue weighted by Gasteiger charge is -2.23. The number of hydrogen-bond acceptors (Lipinski definition) is 2. The molecule has 0 unspecified atom stereocenters. The standard InChI is InChI=1S/C9H16N2/c1-5-9-6-11(4)10-8(3)7(9)2/h5-6H2,1-4H3. The molecule has 1 aliphatic rings. The molecule has 11 heavy (non-hydrogen) atoms. The van der Waals surface area contributed by atoms with Crippen LogP contribution in [0.1, 0.15) is 27.2 Å². The highest BCUT2D eigenvalue weighted by Gasteiger charge is 2.11. The number of hydrazone groups is 1. The lowest BCUT2D eigenvalue weighted by atomic mass is 10.0. The molecule has 0 aliphatic carbocycles. The molecule has 0 aromatic rings. The summed E-state index contributed by atoms with van der Waals surface area (Å²) in [4.78, 5) is 0. The number of allylic oxidation sites excluding steroid dienone is 1. The Hall–Kier alpha value is -0.790. The summed E-state index contributed by atoms with van der Waals surface area (Å²) in [5, 5.41) is 6.36. The van der Waals surface area contributed by atoms with Crippen LogP contribution in [0.5, 0.6) is 0 Å².